The van der Waals surface area contributed by atoms with E-state index in [2.05, 4.69) is 0 Å². The first-order valence-electron chi connectivity index (χ1n) is 4.14. The van der Waals surface area contributed by atoms with Crippen molar-refractivity contribution in [1.29, 1.82) is 0 Å². The number of carboxylic acids is 4. The van der Waals surface area contributed by atoms with E-state index in [4.69, 9.17) is 31.9 Å². The molecule has 0 aliphatic heterocycles. The molecule has 0 amide bonds. The fourth-order valence-corrected chi connectivity index (χ4v) is 1.32. The molecular formula is C7H10N2O9. The van der Waals surface area contributed by atoms with Crippen LogP contribution in [0.2, 0.25) is 0 Å². The quantitative estimate of drug-likeness (QED) is 0.183. The van der Waals surface area contributed by atoms with Gasteiger partial charge in [-0.3, -0.25) is 14.4 Å². The monoisotopic (exact) mass is 266 g/mol. The average molecular weight is 266 g/mol. The van der Waals surface area contributed by atoms with Gasteiger partial charge in [0.1, 0.15) is 0 Å². The Labute approximate surface area is 98.2 Å². The van der Waals surface area contributed by atoms with Crippen molar-refractivity contribution >= 4 is 23.9 Å². The lowest BCUT2D eigenvalue weighted by atomic mass is 9.69. The first kappa shape index (κ1) is 15.8. The molecule has 0 heterocycles. The van der Waals surface area contributed by atoms with E-state index in [1.807, 2.05) is 0 Å². The lowest BCUT2D eigenvalue weighted by molar-refractivity contribution is -0.209. The van der Waals surface area contributed by atoms with Gasteiger partial charge in [0, 0.05) is 0 Å². The molecule has 0 saturated heterocycles. The topological polar surface area (TPSA) is 221 Å². The van der Waals surface area contributed by atoms with E-state index in [0.29, 0.717) is 0 Å². The first-order chi connectivity index (χ1) is 7.97. The summed E-state index contributed by atoms with van der Waals surface area (Å²) in [5, 5.41) is 44.4. The van der Waals surface area contributed by atoms with Crippen molar-refractivity contribution in [1.82, 2.24) is 0 Å². The Hall–Kier alpha value is -2.24. The Kier molecular flexibility index (Phi) is 3.99. The molecule has 0 saturated carbocycles. The van der Waals surface area contributed by atoms with Crippen molar-refractivity contribution in [3.05, 3.63) is 0 Å². The molecule has 102 valence electrons. The van der Waals surface area contributed by atoms with Crippen molar-refractivity contribution in [3.8, 4) is 0 Å². The Morgan fingerprint density at radius 2 is 1.06 bits per heavy atom. The Morgan fingerprint density at radius 1 is 0.778 bits per heavy atom. The molecule has 1 atom stereocenters. The number of aliphatic carboxylic acids is 4. The van der Waals surface area contributed by atoms with E-state index >= 15 is 0 Å². The van der Waals surface area contributed by atoms with Gasteiger partial charge in [0.25, 0.3) is 0 Å². The molecule has 9 N–H and O–H groups in total. The molecule has 0 aromatic carbocycles. The van der Waals surface area contributed by atoms with E-state index < -0.39 is 41.1 Å². The molecule has 18 heavy (non-hydrogen) atoms. The lowest BCUT2D eigenvalue weighted by Gasteiger charge is -2.36. The summed E-state index contributed by atoms with van der Waals surface area (Å²) in [6.07, 6.45) is -2.47. The van der Waals surface area contributed by atoms with Crippen LogP contribution in [0.1, 0.15) is 0 Å². The third-order valence-corrected chi connectivity index (χ3v) is 2.34. The summed E-state index contributed by atoms with van der Waals surface area (Å²) in [4.78, 5) is 43.4. The number of hydrogen-bond acceptors (Lipinski definition) is 7. The summed E-state index contributed by atoms with van der Waals surface area (Å²) in [6, 6.07) is 0. The summed E-state index contributed by atoms with van der Waals surface area (Å²) < 4.78 is 0. The standard InChI is InChI=1S/C7H10N2O9/c8-1(9)7(18,5(16)17)6(2(10)11,3(12)13)4(14)15/h1,18H,8-9H2,(H,10,11)(H,12,13)(H,14,15)(H,16,17). The number of hydrogen-bond donors (Lipinski definition) is 7. The highest BCUT2D eigenvalue weighted by Gasteiger charge is 2.74. The number of carboxylic acid groups (broad SMARTS) is 4. The third kappa shape index (κ3) is 1.66. The fourth-order valence-electron chi connectivity index (χ4n) is 1.32. The summed E-state index contributed by atoms with van der Waals surface area (Å²) >= 11 is 0. The Bertz CT molecular complexity index is 381. The van der Waals surface area contributed by atoms with Gasteiger partial charge in [0.2, 0.25) is 5.60 Å². The van der Waals surface area contributed by atoms with Crippen LogP contribution in [0.5, 0.6) is 0 Å². The fraction of sp³-hybridized carbons (Fsp3) is 0.429. The average Bonchev–Trinajstić information content (AvgIpc) is 2.15. The van der Waals surface area contributed by atoms with Crippen molar-refractivity contribution in [2.24, 2.45) is 16.9 Å². The van der Waals surface area contributed by atoms with E-state index in [9.17, 15) is 24.3 Å². The van der Waals surface area contributed by atoms with Crippen molar-refractivity contribution < 1.29 is 44.7 Å². The Morgan fingerprint density at radius 3 is 1.11 bits per heavy atom. The van der Waals surface area contributed by atoms with Gasteiger partial charge in [0.05, 0.1) is 6.17 Å². The minimum Gasteiger partial charge on any atom is -0.480 e. The SMILES string of the molecule is NC(N)C(O)(C(=O)O)C(C(=O)O)(C(=O)O)C(=O)O. The molecule has 0 fully saturated rings. The molecule has 0 bridgehead atoms. The minimum absolute atomic E-state index is 2.47. The van der Waals surface area contributed by atoms with Gasteiger partial charge in [-0.1, -0.05) is 0 Å². The number of carbonyl (C=O) groups is 4. The van der Waals surface area contributed by atoms with Gasteiger partial charge >= 0.3 is 29.3 Å². The molecule has 0 radical (unpaired) electrons. The lowest BCUT2D eigenvalue weighted by Crippen LogP contribution is -2.74. The summed E-state index contributed by atoms with van der Waals surface area (Å²) in [6.45, 7) is 0. The van der Waals surface area contributed by atoms with Crippen LogP contribution in [0, 0.1) is 5.41 Å². The van der Waals surface area contributed by atoms with Crippen LogP contribution in [0.25, 0.3) is 0 Å². The van der Waals surface area contributed by atoms with Crippen LogP contribution < -0.4 is 11.5 Å². The van der Waals surface area contributed by atoms with Crippen LogP contribution in [0.4, 0.5) is 0 Å². The molecule has 11 nitrogen and oxygen atoms in total. The molecule has 0 rings (SSSR count). The number of nitrogens with two attached hydrogens (primary N) is 2. The highest BCUT2D eigenvalue weighted by Crippen LogP contribution is 2.35. The van der Waals surface area contributed by atoms with Crippen molar-refractivity contribution in [2.45, 2.75) is 11.8 Å². The maximum Gasteiger partial charge on any atom is 0.341 e. The Balaban J connectivity index is 6.50. The minimum atomic E-state index is -4.15. The molecule has 1 unspecified atom stereocenters. The summed E-state index contributed by atoms with van der Waals surface area (Å²) in [5.41, 5.74) is 1.56. The normalized spacial score (nSPS) is 14.9. The smallest absolute Gasteiger partial charge is 0.341 e. The van der Waals surface area contributed by atoms with Crippen LogP contribution >= 0.6 is 0 Å². The predicted octanol–water partition coefficient (Wildman–Crippen LogP) is -3.71. The molecule has 0 aromatic heterocycles. The molecule has 0 aliphatic carbocycles. The molecule has 11 heteroatoms. The molecular weight excluding hydrogens is 256 g/mol. The first-order valence-corrected chi connectivity index (χ1v) is 4.14. The van der Waals surface area contributed by atoms with E-state index in [1.54, 1.807) is 0 Å². The molecule has 0 spiro atoms. The maximum absolute atomic E-state index is 10.9. The highest BCUT2D eigenvalue weighted by molar-refractivity contribution is 6.21. The second-order valence-electron chi connectivity index (χ2n) is 3.26. The van der Waals surface area contributed by atoms with Crippen molar-refractivity contribution in [2.75, 3.05) is 0 Å². The van der Waals surface area contributed by atoms with Gasteiger partial charge in [-0.2, -0.15) is 0 Å². The van der Waals surface area contributed by atoms with Crippen LogP contribution in [-0.2, 0) is 19.2 Å². The zero-order valence-electron chi connectivity index (χ0n) is 8.60. The second-order valence-corrected chi connectivity index (χ2v) is 3.26. The molecule has 0 aromatic rings. The van der Waals surface area contributed by atoms with Crippen LogP contribution in [0.15, 0.2) is 0 Å². The predicted molar refractivity (Wildman–Crippen MR) is 50.1 cm³/mol. The number of aliphatic hydroxyl groups is 1. The van der Waals surface area contributed by atoms with Gasteiger partial charge in [0.15, 0.2) is 0 Å². The largest absolute Gasteiger partial charge is 0.480 e. The van der Waals surface area contributed by atoms with Gasteiger partial charge in [-0.25, -0.2) is 4.79 Å². The van der Waals surface area contributed by atoms with Gasteiger partial charge in [-0.15, -0.1) is 0 Å². The number of rotatable bonds is 6. The van der Waals surface area contributed by atoms with Crippen LogP contribution in [-0.4, -0.2) is 61.2 Å². The van der Waals surface area contributed by atoms with Gasteiger partial charge < -0.3 is 37.0 Å². The summed E-state index contributed by atoms with van der Waals surface area (Å²) in [5.74, 6) is -10.4. The van der Waals surface area contributed by atoms with Crippen molar-refractivity contribution in [3.63, 3.8) is 0 Å². The van der Waals surface area contributed by atoms with Gasteiger partial charge in [-0.05, 0) is 0 Å². The van der Waals surface area contributed by atoms with E-state index in [0.717, 1.165) is 0 Å². The second kappa shape index (κ2) is 4.56. The van der Waals surface area contributed by atoms with E-state index in [1.165, 1.54) is 0 Å². The third-order valence-electron chi connectivity index (χ3n) is 2.34. The zero-order valence-corrected chi connectivity index (χ0v) is 8.60. The van der Waals surface area contributed by atoms with E-state index in [-0.39, 0.29) is 0 Å². The summed E-state index contributed by atoms with van der Waals surface area (Å²) in [7, 11) is 0. The highest BCUT2D eigenvalue weighted by atomic mass is 16.4. The van der Waals surface area contributed by atoms with Crippen LogP contribution in [0.3, 0.4) is 0 Å². The zero-order chi connectivity index (χ0) is 14.9. The molecule has 0 aliphatic rings. The maximum atomic E-state index is 10.9.